The third kappa shape index (κ3) is 4.26. The largest absolute Gasteiger partial charge is 0.337 e. The number of aryl methyl sites for hydroxylation is 1. The van der Waals surface area contributed by atoms with E-state index in [2.05, 4.69) is 14.6 Å². The number of thiophene rings is 1. The quantitative estimate of drug-likeness (QED) is 0.595. The van der Waals surface area contributed by atoms with E-state index in [1.807, 2.05) is 0 Å². The van der Waals surface area contributed by atoms with Crippen LogP contribution < -0.4 is 9.44 Å². The molecule has 27 heavy (non-hydrogen) atoms. The molecular formula is C15H14ClN3O5S3. The maximum Gasteiger partial charge on any atom is 0.271 e. The van der Waals surface area contributed by atoms with Crippen LogP contribution in [0.15, 0.2) is 49.3 Å². The van der Waals surface area contributed by atoms with Crippen LogP contribution in [-0.4, -0.2) is 22.0 Å². The molecule has 0 saturated carbocycles. The average Bonchev–Trinajstić information content (AvgIpc) is 3.16. The van der Waals surface area contributed by atoms with Gasteiger partial charge in [0.15, 0.2) is 0 Å². The van der Waals surface area contributed by atoms with Crippen LogP contribution in [0.25, 0.3) is 0 Å². The molecule has 3 aromatic rings. The summed E-state index contributed by atoms with van der Waals surface area (Å²) in [6, 6.07) is 6.58. The van der Waals surface area contributed by atoms with Gasteiger partial charge in [-0.15, -0.1) is 11.3 Å². The second-order valence-corrected chi connectivity index (χ2v) is 10.5. The van der Waals surface area contributed by atoms with Crippen LogP contribution >= 0.6 is 22.9 Å². The number of aromatic nitrogens is 1. The first-order valence-corrected chi connectivity index (χ1v) is 11.6. The van der Waals surface area contributed by atoms with Gasteiger partial charge in [0.25, 0.3) is 20.0 Å². The van der Waals surface area contributed by atoms with Crippen molar-refractivity contribution in [3.8, 4) is 0 Å². The second-order valence-electron chi connectivity index (χ2n) is 5.54. The van der Waals surface area contributed by atoms with Crippen molar-refractivity contribution in [1.82, 2.24) is 5.16 Å². The molecule has 1 aromatic carbocycles. The van der Waals surface area contributed by atoms with Crippen molar-refractivity contribution in [2.75, 3.05) is 9.44 Å². The van der Waals surface area contributed by atoms with Crippen LogP contribution in [0.1, 0.15) is 11.3 Å². The zero-order valence-electron chi connectivity index (χ0n) is 14.1. The topological polar surface area (TPSA) is 118 Å². The summed E-state index contributed by atoms with van der Waals surface area (Å²) in [5, 5.41) is 5.52. The summed E-state index contributed by atoms with van der Waals surface area (Å²) < 4.78 is 59.1. The first-order chi connectivity index (χ1) is 12.6. The van der Waals surface area contributed by atoms with E-state index in [4.69, 9.17) is 16.1 Å². The SMILES string of the molecule is Cc1noc(NS(=O)(=O)c2ccc(NS(=O)(=O)c3cc(Cl)cs3)cc2)c1C. The lowest BCUT2D eigenvalue weighted by atomic mass is 10.3. The Morgan fingerprint density at radius 3 is 2.22 bits per heavy atom. The van der Waals surface area contributed by atoms with Crippen LogP contribution in [-0.2, 0) is 20.0 Å². The lowest BCUT2D eigenvalue weighted by Crippen LogP contribution is -2.14. The summed E-state index contributed by atoms with van der Waals surface area (Å²) in [6.07, 6.45) is 0. The van der Waals surface area contributed by atoms with Crippen molar-refractivity contribution in [2.24, 2.45) is 0 Å². The summed E-state index contributed by atoms with van der Waals surface area (Å²) >= 11 is 6.73. The third-order valence-electron chi connectivity index (χ3n) is 3.61. The summed E-state index contributed by atoms with van der Waals surface area (Å²) in [5.74, 6) is 0.0341. The fraction of sp³-hybridized carbons (Fsp3) is 0.133. The molecule has 0 unspecified atom stereocenters. The molecule has 0 spiro atoms. The minimum absolute atomic E-state index is 0.0341. The van der Waals surface area contributed by atoms with E-state index < -0.39 is 20.0 Å². The van der Waals surface area contributed by atoms with Gasteiger partial charge < -0.3 is 4.52 Å². The standard InChI is InChI=1S/C15H14ClN3O5S3/c1-9-10(2)17-24-15(9)19-26(20,21)13-5-3-12(4-6-13)18-27(22,23)14-7-11(16)8-25-14/h3-8,18-19H,1-2H3. The van der Waals surface area contributed by atoms with E-state index in [0.29, 0.717) is 16.3 Å². The number of nitrogens with one attached hydrogen (secondary N) is 2. The highest BCUT2D eigenvalue weighted by molar-refractivity contribution is 7.94. The number of nitrogens with zero attached hydrogens (tertiary/aromatic N) is 1. The van der Waals surface area contributed by atoms with E-state index >= 15 is 0 Å². The number of benzene rings is 1. The minimum Gasteiger partial charge on any atom is -0.337 e. The highest BCUT2D eigenvalue weighted by Crippen LogP contribution is 2.27. The van der Waals surface area contributed by atoms with Crippen LogP contribution in [0.3, 0.4) is 0 Å². The Morgan fingerprint density at radius 2 is 1.70 bits per heavy atom. The molecule has 8 nitrogen and oxygen atoms in total. The molecule has 0 amide bonds. The average molecular weight is 448 g/mol. The number of rotatable bonds is 6. The molecule has 0 atom stereocenters. The predicted octanol–water partition coefficient (Wildman–Crippen LogP) is 3.61. The molecule has 2 aromatic heterocycles. The van der Waals surface area contributed by atoms with Crippen molar-refractivity contribution in [2.45, 2.75) is 23.0 Å². The number of hydrogen-bond acceptors (Lipinski definition) is 7. The van der Waals surface area contributed by atoms with Gasteiger partial charge >= 0.3 is 0 Å². The van der Waals surface area contributed by atoms with Crippen molar-refractivity contribution < 1.29 is 21.4 Å². The van der Waals surface area contributed by atoms with Crippen LogP contribution in [0, 0.1) is 13.8 Å². The van der Waals surface area contributed by atoms with Gasteiger partial charge in [0.05, 0.1) is 15.6 Å². The monoisotopic (exact) mass is 447 g/mol. The maximum atomic E-state index is 12.4. The van der Waals surface area contributed by atoms with Gasteiger partial charge in [-0.25, -0.2) is 21.6 Å². The first kappa shape index (κ1) is 19.7. The van der Waals surface area contributed by atoms with Gasteiger partial charge in [-0.2, -0.15) is 0 Å². The summed E-state index contributed by atoms with van der Waals surface area (Å²) in [7, 11) is -7.70. The number of sulfonamides is 2. The van der Waals surface area contributed by atoms with Gasteiger partial charge in [-0.3, -0.25) is 4.72 Å². The number of hydrogen-bond donors (Lipinski definition) is 2. The van der Waals surface area contributed by atoms with Gasteiger partial charge in [-0.05, 0) is 44.2 Å². The molecule has 12 heteroatoms. The van der Waals surface area contributed by atoms with Crippen LogP contribution in [0.2, 0.25) is 5.02 Å². The normalized spacial score (nSPS) is 12.1. The molecule has 3 rings (SSSR count). The van der Waals surface area contributed by atoms with Gasteiger partial charge in [0.2, 0.25) is 5.88 Å². The van der Waals surface area contributed by atoms with E-state index in [0.717, 1.165) is 11.3 Å². The lowest BCUT2D eigenvalue weighted by Gasteiger charge is -2.08. The fourth-order valence-corrected chi connectivity index (χ4v) is 5.55. The molecule has 0 aliphatic rings. The molecule has 0 saturated heterocycles. The molecule has 2 heterocycles. The maximum absolute atomic E-state index is 12.4. The van der Waals surface area contributed by atoms with Gasteiger partial charge in [0, 0.05) is 16.6 Å². The zero-order chi connectivity index (χ0) is 19.8. The molecule has 0 bridgehead atoms. The van der Waals surface area contributed by atoms with Gasteiger partial charge in [0.1, 0.15) is 4.21 Å². The molecule has 2 N–H and O–H groups in total. The Kier molecular flexibility index (Phi) is 5.21. The van der Waals surface area contributed by atoms with Crippen molar-refractivity contribution in [1.29, 1.82) is 0 Å². The molecule has 0 fully saturated rings. The number of anilines is 2. The van der Waals surface area contributed by atoms with Crippen LogP contribution in [0.4, 0.5) is 11.6 Å². The number of halogens is 1. The molecule has 144 valence electrons. The fourth-order valence-electron chi connectivity index (χ4n) is 2.03. The molecule has 0 radical (unpaired) electrons. The predicted molar refractivity (Wildman–Crippen MR) is 103 cm³/mol. The first-order valence-electron chi connectivity index (χ1n) is 7.41. The Bertz CT molecular complexity index is 1180. The van der Waals surface area contributed by atoms with E-state index in [-0.39, 0.29) is 20.7 Å². The summed E-state index contributed by atoms with van der Waals surface area (Å²) in [5.41, 5.74) is 1.37. The molecule has 0 aliphatic carbocycles. The van der Waals surface area contributed by atoms with Crippen molar-refractivity contribution in [3.05, 3.63) is 52.0 Å². The Morgan fingerprint density at radius 1 is 1.04 bits per heavy atom. The lowest BCUT2D eigenvalue weighted by molar-refractivity contribution is 0.430. The Balaban J connectivity index is 1.79. The van der Waals surface area contributed by atoms with Crippen molar-refractivity contribution in [3.63, 3.8) is 0 Å². The van der Waals surface area contributed by atoms with E-state index in [9.17, 15) is 16.8 Å². The Labute approximate surface area is 165 Å². The summed E-state index contributed by atoms with van der Waals surface area (Å²) in [4.78, 5) is -0.0573. The highest BCUT2D eigenvalue weighted by atomic mass is 35.5. The van der Waals surface area contributed by atoms with E-state index in [1.54, 1.807) is 13.8 Å². The van der Waals surface area contributed by atoms with Crippen molar-refractivity contribution >= 4 is 54.6 Å². The van der Waals surface area contributed by atoms with E-state index in [1.165, 1.54) is 35.7 Å². The highest BCUT2D eigenvalue weighted by Gasteiger charge is 2.20. The molecular weight excluding hydrogens is 434 g/mol. The van der Waals surface area contributed by atoms with Gasteiger partial charge in [-0.1, -0.05) is 16.8 Å². The Hall–Kier alpha value is -2.08. The summed E-state index contributed by atoms with van der Waals surface area (Å²) in [6.45, 7) is 3.37. The smallest absolute Gasteiger partial charge is 0.271 e. The minimum atomic E-state index is -3.91. The molecule has 0 aliphatic heterocycles. The van der Waals surface area contributed by atoms with Crippen LogP contribution in [0.5, 0.6) is 0 Å². The zero-order valence-corrected chi connectivity index (χ0v) is 17.3. The second kappa shape index (κ2) is 7.15. The third-order valence-corrected chi connectivity index (χ3v) is 8.12.